The van der Waals surface area contributed by atoms with Crippen LogP contribution in [0.15, 0.2) is 96.1 Å². The second-order valence-corrected chi connectivity index (χ2v) is 11.1. The number of ether oxygens (including phenoxy) is 2. The third-order valence-electron chi connectivity index (χ3n) is 8.12. The highest BCUT2D eigenvalue weighted by atomic mass is 16.5. The van der Waals surface area contributed by atoms with E-state index in [4.69, 9.17) is 9.47 Å². The van der Waals surface area contributed by atoms with Gasteiger partial charge >= 0.3 is 0 Å². The second kappa shape index (κ2) is 13.8. The molecule has 0 saturated carbocycles. The molecule has 6 N–H and O–H groups in total. The number of aliphatic hydroxyl groups is 1. The summed E-state index contributed by atoms with van der Waals surface area (Å²) >= 11 is 0. The number of aromatic hydroxyl groups is 4. The zero-order valence-corrected chi connectivity index (χ0v) is 26.1. The minimum Gasteiger partial charge on any atom is -0.508 e. The Morgan fingerprint density at radius 2 is 1.29 bits per heavy atom. The highest BCUT2D eigenvalue weighted by molar-refractivity contribution is 6.31. The number of nitrogens with zero attached hydrogens (tertiary/aromatic N) is 1. The molecule has 12 heteroatoms. The number of methoxy groups -OCH3 is 2. The van der Waals surface area contributed by atoms with Crippen molar-refractivity contribution in [3.63, 3.8) is 0 Å². The molecule has 0 saturated heterocycles. The maximum absolute atomic E-state index is 14.4. The molecule has 1 atom stereocenters. The topological polar surface area (TPSA) is 186 Å². The highest BCUT2D eigenvalue weighted by Gasteiger charge is 2.56. The molecule has 0 bridgehead atoms. The van der Waals surface area contributed by atoms with Crippen molar-refractivity contribution in [2.24, 2.45) is 0 Å². The van der Waals surface area contributed by atoms with Crippen molar-refractivity contribution in [3.05, 3.63) is 118 Å². The number of amides is 2. The van der Waals surface area contributed by atoms with Gasteiger partial charge in [-0.2, -0.15) is 0 Å². The molecular formula is C36H34N2O10. The molecule has 0 aromatic heterocycles. The zero-order valence-electron chi connectivity index (χ0n) is 26.1. The first-order chi connectivity index (χ1) is 23.0. The van der Waals surface area contributed by atoms with Gasteiger partial charge in [-0.15, -0.1) is 0 Å². The van der Waals surface area contributed by atoms with Gasteiger partial charge in [0.15, 0.2) is 34.5 Å². The summed E-state index contributed by atoms with van der Waals surface area (Å²) in [6.45, 7) is -0.137. The molecule has 0 radical (unpaired) electrons. The lowest BCUT2D eigenvalue weighted by atomic mass is 9.89. The molecule has 2 amide bonds. The number of carbonyl (C=O) groups excluding carboxylic acids is 3. The van der Waals surface area contributed by atoms with E-state index in [1.54, 1.807) is 24.3 Å². The average molecular weight is 655 g/mol. The Kier molecular flexibility index (Phi) is 9.57. The smallest absolute Gasteiger partial charge is 0.261 e. The third-order valence-corrected chi connectivity index (χ3v) is 8.12. The monoisotopic (exact) mass is 654 g/mol. The van der Waals surface area contributed by atoms with Crippen LogP contribution < -0.4 is 14.8 Å². The lowest BCUT2D eigenvalue weighted by Gasteiger charge is -2.36. The van der Waals surface area contributed by atoms with E-state index in [0.717, 1.165) is 10.5 Å². The van der Waals surface area contributed by atoms with Crippen LogP contribution in [0.4, 0.5) is 0 Å². The molecule has 1 heterocycles. The highest BCUT2D eigenvalue weighted by Crippen LogP contribution is 2.45. The first-order valence-corrected chi connectivity index (χ1v) is 14.9. The first kappa shape index (κ1) is 33.4. The van der Waals surface area contributed by atoms with E-state index in [0.29, 0.717) is 12.0 Å². The summed E-state index contributed by atoms with van der Waals surface area (Å²) in [6.07, 6.45) is 0.482. The summed E-state index contributed by atoms with van der Waals surface area (Å²) in [6, 6.07) is 20.1. The van der Waals surface area contributed by atoms with Gasteiger partial charge in [-0.1, -0.05) is 24.3 Å². The lowest BCUT2D eigenvalue weighted by molar-refractivity contribution is -0.146. The maximum Gasteiger partial charge on any atom is 0.261 e. The van der Waals surface area contributed by atoms with E-state index in [1.807, 2.05) is 0 Å². The standard InChI is InChI=1S/C36H34N2O10/c1-47-29-19-23(7-13-27(29)41)33(43)31-32(34(44)37-17-15-21-3-9-25(39)10-4-21)36(46,24-8-14-28(42)30(20-24)48-2)38(35(31)45)18-16-22-5-11-26(40)12-6-22/h3-14,19-20,39-42,46H,15-18H2,1-2H3,(H,37,44). The molecule has 4 aromatic carbocycles. The Morgan fingerprint density at radius 3 is 1.88 bits per heavy atom. The molecule has 248 valence electrons. The molecule has 1 unspecified atom stereocenters. The number of phenolic OH excluding ortho intramolecular Hbond substituents is 4. The number of benzene rings is 4. The predicted molar refractivity (Wildman–Crippen MR) is 173 cm³/mol. The van der Waals surface area contributed by atoms with Gasteiger partial charge in [0.2, 0.25) is 0 Å². The third kappa shape index (κ3) is 6.46. The molecule has 4 aromatic rings. The number of Topliss-reactive ketones (excluding diaryl/α,β-unsaturated/α-hetero) is 1. The summed E-state index contributed by atoms with van der Waals surface area (Å²) < 4.78 is 10.4. The number of hydrogen-bond donors (Lipinski definition) is 6. The van der Waals surface area contributed by atoms with Crippen molar-refractivity contribution in [1.82, 2.24) is 10.2 Å². The first-order valence-electron chi connectivity index (χ1n) is 14.9. The van der Waals surface area contributed by atoms with Crippen LogP contribution in [-0.4, -0.2) is 75.3 Å². The van der Waals surface area contributed by atoms with Crippen molar-refractivity contribution in [1.29, 1.82) is 0 Å². The predicted octanol–water partition coefficient (Wildman–Crippen LogP) is 3.29. The molecule has 1 aliphatic rings. The van der Waals surface area contributed by atoms with E-state index in [-0.39, 0.29) is 65.1 Å². The summed E-state index contributed by atoms with van der Waals surface area (Å²) in [4.78, 5) is 43.7. The van der Waals surface area contributed by atoms with Gasteiger partial charge in [-0.3, -0.25) is 14.4 Å². The average Bonchev–Trinajstić information content (AvgIpc) is 3.31. The maximum atomic E-state index is 14.4. The Labute approximate surface area is 275 Å². The Bertz CT molecular complexity index is 1890. The summed E-state index contributed by atoms with van der Waals surface area (Å²) in [5, 5.41) is 55.2. The van der Waals surface area contributed by atoms with Crippen molar-refractivity contribution in [3.8, 4) is 34.5 Å². The van der Waals surface area contributed by atoms with E-state index in [1.165, 1.54) is 74.9 Å². The molecule has 5 rings (SSSR count). The fourth-order valence-electron chi connectivity index (χ4n) is 5.58. The summed E-state index contributed by atoms with van der Waals surface area (Å²) in [7, 11) is 2.59. The molecule has 0 spiro atoms. The molecule has 48 heavy (non-hydrogen) atoms. The lowest BCUT2D eigenvalue weighted by Crippen LogP contribution is -2.49. The van der Waals surface area contributed by atoms with Crippen LogP contribution in [0.1, 0.15) is 27.0 Å². The van der Waals surface area contributed by atoms with E-state index in [2.05, 4.69) is 5.32 Å². The number of nitrogens with one attached hydrogen (secondary N) is 1. The second-order valence-electron chi connectivity index (χ2n) is 11.1. The number of hydrogen-bond acceptors (Lipinski definition) is 10. The number of carbonyl (C=O) groups is 3. The zero-order chi connectivity index (χ0) is 34.6. The van der Waals surface area contributed by atoms with Crippen LogP contribution in [0.3, 0.4) is 0 Å². The fourth-order valence-corrected chi connectivity index (χ4v) is 5.58. The van der Waals surface area contributed by atoms with Gasteiger partial charge < -0.3 is 45.2 Å². The van der Waals surface area contributed by atoms with Crippen LogP contribution in [0, 0.1) is 0 Å². The molecule has 0 fully saturated rings. The summed E-state index contributed by atoms with van der Waals surface area (Å²) in [5.41, 5.74) is -2.33. The van der Waals surface area contributed by atoms with E-state index < -0.39 is 34.5 Å². The van der Waals surface area contributed by atoms with Crippen molar-refractivity contribution < 1.29 is 49.4 Å². The van der Waals surface area contributed by atoms with Crippen molar-refractivity contribution in [2.45, 2.75) is 18.6 Å². The molecule has 0 aliphatic carbocycles. The van der Waals surface area contributed by atoms with Crippen LogP contribution in [0.2, 0.25) is 0 Å². The van der Waals surface area contributed by atoms with Gasteiger partial charge in [-0.25, -0.2) is 0 Å². The van der Waals surface area contributed by atoms with Crippen LogP contribution in [0.25, 0.3) is 0 Å². The quantitative estimate of drug-likeness (QED) is 0.0978. The molecule has 1 aliphatic heterocycles. The van der Waals surface area contributed by atoms with Crippen molar-refractivity contribution in [2.75, 3.05) is 27.3 Å². The van der Waals surface area contributed by atoms with Gasteiger partial charge in [0, 0.05) is 24.2 Å². The molecule has 12 nitrogen and oxygen atoms in total. The minimum atomic E-state index is -2.52. The Morgan fingerprint density at radius 1 is 0.750 bits per heavy atom. The Balaban J connectivity index is 1.64. The normalized spacial score (nSPS) is 15.8. The SMILES string of the molecule is COc1cc(C(=O)C2=C(C(=O)NCCc3ccc(O)cc3)C(O)(c3ccc(O)c(OC)c3)N(CCc3ccc(O)cc3)C2=O)ccc1O. The Hall–Kier alpha value is -6.01. The van der Waals surface area contributed by atoms with Crippen LogP contribution in [-0.2, 0) is 28.2 Å². The van der Waals surface area contributed by atoms with Crippen molar-refractivity contribution >= 4 is 17.6 Å². The fraction of sp³-hybridized carbons (Fsp3) is 0.194. The van der Waals surface area contributed by atoms with Gasteiger partial charge in [0.25, 0.3) is 11.8 Å². The van der Waals surface area contributed by atoms with Gasteiger partial charge in [-0.05, 0) is 84.6 Å². The van der Waals surface area contributed by atoms with E-state index >= 15 is 0 Å². The minimum absolute atomic E-state index is 0.0360. The van der Waals surface area contributed by atoms with Gasteiger partial charge in [0.05, 0.1) is 19.8 Å². The van der Waals surface area contributed by atoms with Crippen LogP contribution >= 0.6 is 0 Å². The number of ketones is 1. The number of phenols is 4. The van der Waals surface area contributed by atoms with Crippen LogP contribution in [0.5, 0.6) is 34.5 Å². The summed E-state index contributed by atoms with van der Waals surface area (Å²) in [5.74, 6) is -3.25. The number of rotatable bonds is 12. The molecular weight excluding hydrogens is 620 g/mol. The largest absolute Gasteiger partial charge is 0.508 e. The van der Waals surface area contributed by atoms with E-state index in [9.17, 15) is 39.9 Å². The van der Waals surface area contributed by atoms with Gasteiger partial charge in [0.1, 0.15) is 17.1 Å².